The van der Waals surface area contributed by atoms with Crippen molar-refractivity contribution in [3.05, 3.63) is 96.6 Å². The Morgan fingerprint density at radius 1 is 0.607 bits per heavy atom. The van der Waals surface area contributed by atoms with Gasteiger partial charge in [0.05, 0.1) is 11.4 Å². The van der Waals surface area contributed by atoms with Crippen LogP contribution in [0.25, 0.3) is 33.6 Å². The number of hydrogen-bond acceptors (Lipinski definition) is 2. The number of hydrogen-bond donors (Lipinski definition) is 0. The third-order valence-electron chi connectivity index (χ3n) is 5.00. The molecule has 0 fully saturated rings. The van der Waals surface area contributed by atoms with Gasteiger partial charge in [0.15, 0.2) is 0 Å². The molecular formula is C26H24N2. The molecule has 2 nitrogen and oxygen atoms in total. The van der Waals surface area contributed by atoms with E-state index in [-0.39, 0.29) is 0 Å². The van der Waals surface area contributed by atoms with Crippen LogP contribution in [-0.4, -0.2) is 19.1 Å². The van der Waals surface area contributed by atoms with Crippen LogP contribution in [0.4, 0.5) is 5.69 Å². The summed E-state index contributed by atoms with van der Waals surface area (Å²) >= 11 is 0. The highest BCUT2D eigenvalue weighted by Crippen LogP contribution is 2.33. The van der Waals surface area contributed by atoms with Gasteiger partial charge < -0.3 is 4.90 Å². The Bertz CT molecular complexity index is 1030. The third kappa shape index (κ3) is 3.67. The lowest BCUT2D eigenvalue weighted by Gasteiger charge is -2.16. The quantitative estimate of drug-likeness (QED) is 0.413. The molecule has 4 rings (SSSR count). The predicted octanol–water partition coefficient (Wildman–Crippen LogP) is 6.46. The van der Waals surface area contributed by atoms with Crippen molar-refractivity contribution >= 4 is 5.69 Å². The number of anilines is 1. The van der Waals surface area contributed by atoms with Gasteiger partial charge in [-0.2, -0.15) is 0 Å². The highest BCUT2D eigenvalue weighted by molar-refractivity contribution is 5.78. The van der Waals surface area contributed by atoms with Gasteiger partial charge in [-0.15, -0.1) is 0 Å². The predicted molar refractivity (Wildman–Crippen MR) is 120 cm³/mol. The molecule has 4 aromatic rings. The van der Waals surface area contributed by atoms with Crippen molar-refractivity contribution < 1.29 is 0 Å². The fourth-order valence-corrected chi connectivity index (χ4v) is 3.45. The Labute approximate surface area is 167 Å². The molecule has 0 bridgehead atoms. The van der Waals surface area contributed by atoms with E-state index < -0.39 is 0 Å². The monoisotopic (exact) mass is 364 g/mol. The second-order valence-electron chi connectivity index (χ2n) is 7.25. The summed E-state index contributed by atoms with van der Waals surface area (Å²) in [4.78, 5) is 7.10. The number of aromatic nitrogens is 1. The van der Waals surface area contributed by atoms with E-state index in [4.69, 9.17) is 4.98 Å². The number of benzene rings is 3. The van der Waals surface area contributed by atoms with Gasteiger partial charge in [0.2, 0.25) is 0 Å². The molecule has 0 N–H and O–H groups in total. The highest BCUT2D eigenvalue weighted by atomic mass is 15.1. The summed E-state index contributed by atoms with van der Waals surface area (Å²) in [5, 5.41) is 0. The van der Waals surface area contributed by atoms with E-state index in [0.29, 0.717) is 0 Å². The van der Waals surface area contributed by atoms with Crippen LogP contribution in [0.5, 0.6) is 0 Å². The van der Waals surface area contributed by atoms with E-state index in [1.807, 2.05) is 12.1 Å². The summed E-state index contributed by atoms with van der Waals surface area (Å²) in [7, 11) is 4.14. The van der Waals surface area contributed by atoms with Crippen molar-refractivity contribution in [2.75, 3.05) is 19.0 Å². The Morgan fingerprint density at radius 3 is 1.61 bits per heavy atom. The highest BCUT2D eigenvalue weighted by Gasteiger charge is 2.11. The van der Waals surface area contributed by atoms with Gasteiger partial charge in [-0.25, -0.2) is 4.98 Å². The summed E-state index contributed by atoms with van der Waals surface area (Å²) in [5.41, 5.74) is 9.14. The summed E-state index contributed by atoms with van der Waals surface area (Å²) in [6, 6.07) is 31.8. The summed E-state index contributed by atoms with van der Waals surface area (Å²) < 4.78 is 0. The maximum Gasteiger partial charge on any atom is 0.0715 e. The minimum atomic E-state index is 0.994. The maximum atomic E-state index is 4.97. The molecule has 28 heavy (non-hydrogen) atoms. The molecule has 1 heterocycles. The first-order chi connectivity index (χ1) is 13.6. The molecule has 0 aliphatic rings. The van der Waals surface area contributed by atoms with Crippen LogP contribution in [0.1, 0.15) is 5.56 Å². The summed E-state index contributed by atoms with van der Waals surface area (Å²) in [6.45, 7) is 2.17. The van der Waals surface area contributed by atoms with Crippen LogP contribution in [0, 0.1) is 6.92 Å². The van der Waals surface area contributed by atoms with Crippen molar-refractivity contribution in [3.8, 4) is 33.6 Å². The molecule has 0 spiro atoms. The van der Waals surface area contributed by atoms with E-state index in [0.717, 1.165) is 22.5 Å². The van der Waals surface area contributed by atoms with Crippen LogP contribution in [0.2, 0.25) is 0 Å². The van der Waals surface area contributed by atoms with Gasteiger partial charge >= 0.3 is 0 Å². The zero-order chi connectivity index (χ0) is 19.5. The number of aryl methyl sites for hydroxylation is 1. The lowest BCUT2D eigenvalue weighted by Crippen LogP contribution is -2.08. The average Bonchev–Trinajstić information content (AvgIpc) is 2.74. The van der Waals surface area contributed by atoms with Gasteiger partial charge in [0.25, 0.3) is 0 Å². The normalized spacial score (nSPS) is 10.7. The minimum Gasteiger partial charge on any atom is -0.378 e. The molecule has 0 amide bonds. The second-order valence-corrected chi connectivity index (χ2v) is 7.25. The van der Waals surface area contributed by atoms with Crippen molar-refractivity contribution in [1.29, 1.82) is 0 Å². The maximum absolute atomic E-state index is 4.97. The van der Waals surface area contributed by atoms with Crippen LogP contribution in [0.3, 0.4) is 0 Å². The van der Waals surface area contributed by atoms with E-state index >= 15 is 0 Å². The molecule has 0 unspecified atom stereocenters. The number of nitrogens with zero attached hydrogens (tertiary/aromatic N) is 2. The molecule has 1 aromatic heterocycles. The SMILES string of the molecule is Cc1cc(N(C)C)ccc1-c1cc(-c2ccccc2)nc(-c2ccccc2)c1. The molecule has 138 valence electrons. The van der Waals surface area contributed by atoms with E-state index in [1.54, 1.807) is 0 Å². The molecule has 0 aliphatic carbocycles. The first-order valence-electron chi connectivity index (χ1n) is 9.53. The standard InChI is InChI=1S/C26H24N2/c1-19-16-23(28(2)3)14-15-24(19)22-17-25(20-10-6-4-7-11-20)27-26(18-22)21-12-8-5-9-13-21/h4-18H,1-3H3. The van der Waals surface area contributed by atoms with Crippen molar-refractivity contribution in [2.24, 2.45) is 0 Å². The van der Waals surface area contributed by atoms with E-state index in [9.17, 15) is 0 Å². The topological polar surface area (TPSA) is 16.1 Å². The molecule has 0 radical (unpaired) electrons. The zero-order valence-corrected chi connectivity index (χ0v) is 16.6. The molecule has 3 aromatic carbocycles. The van der Waals surface area contributed by atoms with E-state index in [1.165, 1.54) is 22.4 Å². The average molecular weight is 364 g/mol. The van der Waals surface area contributed by atoms with Crippen LogP contribution >= 0.6 is 0 Å². The smallest absolute Gasteiger partial charge is 0.0715 e. The van der Waals surface area contributed by atoms with Gasteiger partial charge in [-0.1, -0.05) is 66.7 Å². The minimum absolute atomic E-state index is 0.994. The van der Waals surface area contributed by atoms with Crippen molar-refractivity contribution in [1.82, 2.24) is 4.98 Å². The van der Waals surface area contributed by atoms with Gasteiger partial charge in [-0.05, 0) is 47.9 Å². The van der Waals surface area contributed by atoms with Gasteiger partial charge in [-0.3, -0.25) is 0 Å². The van der Waals surface area contributed by atoms with Gasteiger partial charge in [0.1, 0.15) is 0 Å². The second kappa shape index (κ2) is 7.69. The number of rotatable bonds is 4. The van der Waals surface area contributed by atoms with E-state index in [2.05, 4.69) is 105 Å². The first kappa shape index (κ1) is 18.0. The zero-order valence-electron chi connectivity index (χ0n) is 16.6. The Balaban J connectivity index is 1.90. The van der Waals surface area contributed by atoms with Crippen LogP contribution in [-0.2, 0) is 0 Å². The summed E-state index contributed by atoms with van der Waals surface area (Å²) in [6.07, 6.45) is 0. The van der Waals surface area contributed by atoms with Crippen LogP contribution in [0.15, 0.2) is 91.0 Å². The fraction of sp³-hybridized carbons (Fsp3) is 0.115. The Hall–Kier alpha value is -3.39. The molecule has 0 saturated heterocycles. The molecule has 0 atom stereocenters. The molecule has 2 heteroatoms. The lowest BCUT2D eigenvalue weighted by atomic mass is 9.96. The van der Waals surface area contributed by atoms with Gasteiger partial charge in [0, 0.05) is 30.9 Å². The first-order valence-corrected chi connectivity index (χ1v) is 9.53. The third-order valence-corrected chi connectivity index (χ3v) is 5.00. The van der Waals surface area contributed by atoms with Crippen LogP contribution < -0.4 is 4.90 Å². The molecular weight excluding hydrogens is 340 g/mol. The summed E-state index contributed by atoms with van der Waals surface area (Å²) in [5.74, 6) is 0. The fourth-order valence-electron chi connectivity index (χ4n) is 3.45. The Kier molecular flexibility index (Phi) is 4.94. The Morgan fingerprint density at radius 2 is 1.14 bits per heavy atom. The molecule has 0 aliphatic heterocycles. The van der Waals surface area contributed by atoms with Crippen molar-refractivity contribution in [3.63, 3.8) is 0 Å². The lowest BCUT2D eigenvalue weighted by molar-refractivity contribution is 1.13. The van der Waals surface area contributed by atoms with Crippen molar-refractivity contribution in [2.45, 2.75) is 6.92 Å². The largest absolute Gasteiger partial charge is 0.378 e. The number of pyridine rings is 1. The molecule has 0 saturated carbocycles.